The Kier molecular flexibility index (Phi) is 10.8. The number of likely N-dealkylation sites (tertiary alicyclic amines) is 1. The van der Waals surface area contributed by atoms with Crippen LogP contribution in [-0.4, -0.2) is 141 Å². The molecule has 0 saturated carbocycles. The number of amides is 4. The number of aromatic nitrogens is 3. The first-order chi connectivity index (χ1) is 30.3. The summed E-state index contributed by atoms with van der Waals surface area (Å²) in [6.45, 7) is 13.6. The molecule has 14 nitrogen and oxygen atoms in total. The van der Waals surface area contributed by atoms with E-state index in [1.54, 1.807) is 18.7 Å². The molecular formula is C48H59FN10O4. The smallest absolute Gasteiger partial charge is 0.255 e. The van der Waals surface area contributed by atoms with Crippen LogP contribution in [0.5, 0.6) is 0 Å². The van der Waals surface area contributed by atoms with Gasteiger partial charge in [-0.05, 0) is 93.7 Å². The number of nitrogens with one attached hydrogen (secondary N) is 2. The number of carbonyl (C=O) groups is 4. The van der Waals surface area contributed by atoms with Gasteiger partial charge in [-0.2, -0.15) is 0 Å². The highest BCUT2D eigenvalue weighted by Crippen LogP contribution is 2.44. The highest BCUT2D eigenvalue weighted by atomic mass is 19.1. The van der Waals surface area contributed by atoms with Crippen molar-refractivity contribution in [1.29, 1.82) is 0 Å². The average molecular weight is 859 g/mol. The summed E-state index contributed by atoms with van der Waals surface area (Å²) in [6.07, 6.45) is 8.77. The van der Waals surface area contributed by atoms with Crippen LogP contribution in [0.1, 0.15) is 98.1 Å². The van der Waals surface area contributed by atoms with Gasteiger partial charge in [-0.3, -0.25) is 34.3 Å². The molecule has 4 fully saturated rings. The first-order valence-electron chi connectivity index (χ1n) is 23.0. The van der Waals surface area contributed by atoms with E-state index >= 15 is 4.39 Å². The highest BCUT2D eigenvalue weighted by molar-refractivity contribution is 6.05. The van der Waals surface area contributed by atoms with E-state index in [9.17, 15) is 19.2 Å². The van der Waals surface area contributed by atoms with Crippen molar-refractivity contribution in [2.45, 2.75) is 96.1 Å². The molecule has 2 N–H and O–H groups in total. The zero-order valence-corrected chi connectivity index (χ0v) is 36.7. The van der Waals surface area contributed by atoms with Gasteiger partial charge in [0.1, 0.15) is 11.7 Å². The molecule has 0 bridgehead atoms. The quantitative estimate of drug-likeness (QED) is 0.225. The van der Waals surface area contributed by atoms with Crippen LogP contribution in [0.15, 0.2) is 54.9 Å². The Morgan fingerprint density at radius 1 is 0.889 bits per heavy atom. The first kappa shape index (κ1) is 41.6. The van der Waals surface area contributed by atoms with Crippen LogP contribution < -0.4 is 15.1 Å². The maximum Gasteiger partial charge on any atom is 0.255 e. The third-order valence-electron chi connectivity index (χ3n) is 14.9. The molecule has 2 aromatic carbocycles. The number of aromatic amines is 1. The standard InChI is InChI=1S/C48H59FN10O4/c1-31-24-37-36-6-4-5-7-38(36)52-42(37)43(59(31)30-47(2,3)49)33-27-50-46(51-28-33)57-16-13-48(14-17-57)12-15-56(41(61)26-48)23-20-54-18-21-55(22-19-54)34-8-9-35-32(25-34)29-58(45(35)63)39-10-11-40(60)53-44(39)62/h4-9,25,27-28,31,39,43,52H,10-24,26,29-30H2,1-3H3,(H,53,60,62)/t31-,39?,43-/m1/s1. The average Bonchev–Trinajstić information content (AvgIpc) is 3.80. The van der Waals surface area contributed by atoms with Gasteiger partial charge < -0.3 is 24.6 Å². The van der Waals surface area contributed by atoms with Gasteiger partial charge in [0.05, 0.1) is 6.04 Å². The summed E-state index contributed by atoms with van der Waals surface area (Å²) in [4.78, 5) is 77.4. The van der Waals surface area contributed by atoms with Gasteiger partial charge in [-0.15, -0.1) is 0 Å². The number of imide groups is 1. The van der Waals surface area contributed by atoms with Crippen LogP contribution >= 0.6 is 0 Å². The van der Waals surface area contributed by atoms with Gasteiger partial charge >= 0.3 is 0 Å². The zero-order chi connectivity index (χ0) is 43.6. The van der Waals surface area contributed by atoms with Crippen molar-refractivity contribution in [3.05, 3.63) is 82.8 Å². The van der Waals surface area contributed by atoms with Crippen LogP contribution in [0.25, 0.3) is 10.9 Å². The van der Waals surface area contributed by atoms with Gasteiger partial charge in [-0.25, -0.2) is 14.4 Å². The number of fused-ring (bicyclic) bond motifs is 4. The lowest BCUT2D eigenvalue weighted by Crippen LogP contribution is -2.52. The molecule has 6 aliphatic heterocycles. The number of piperazine rings is 1. The largest absolute Gasteiger partial charge is 0.369 e. The number of carbonyl (C=O) groups excluding carboxylic acids is 4. The molecule has 6 aliphatic rings. The van der Waals surface area contributed by atoms with E-state index in [2.05, 4.69) is 66.0 Å². The minimum absolute atomic E-state index is 0.0128. The van der Waals surface area contributed by atoms with E-state index in [0.29, 0.717) is 37.4 Å². The number of nitrogens with zero attached hydrogens (tertiary/aromatic N) is 8. The molecule has 1 unspecified atom stereocenters. The minimum atomic E-state index is -1.36. The molecule has 3 atom stereocenters. The predicted molar refractivity (Wildman–Crippen MR) is 238 cm³/mol. The number of benzene rings is 2. The van der Waals surface area contributed by atoms with Crippen LogP contribution in [-0.2, 0) is 27.3 Å². The maximum absolute atomic E-state index is 15.3. The van der Waals surface area contributed by atoms with Crippen LogP contribution in [0, 0.1) is 5.41 Å². The number of rotatable bonds is 9. The molecule has 1 spiro atoms. The molecule has 332 valence electrons. The lowest BCUT2D eigenvalue weighted by atomic mass is 9.71. The lowest BCUT2D eigenvalue weighted by Gasteiger charge is -2.46. The fourth-order valence-electron chi connectivity index (χ4n) is 11.3. The Balaban J connectivity index is 0.704. The number of hydrogen-bond acceptors (Lipinski definition) is 10. The molecule has 10 rings (SSSR count). The van der Waals surface area contributed by atoms with Crippen molar-refractivity contribution >= 4 is 46.2 Å². The second-order valence-corrected chi connectivity index (χ2v) is 19.6. The molecule has 4 saturated heterocycles. The fraction of sp³-hybridized carbons (Fsp3) is 0.542. The van der Waals surface area contributed by atoms with E-state index in [0.717, 1.165) is 113 Å². The van der Waals surface area contributed by atoms with Crippen molar-refractivity contribution in [1.82, 2.24) is 39.9 Å². The Morgan fingerprint density at radius 2 is 1.63 bits per heavy atom. The summed E-state index contributed by atoms with van der Waals surface area (Å²) in [7, 11) is 0. The minimum Gasteiger partial charge on any atom is -0.369 e. The Bertz CT molecular complexity index is 2420. The molecule has 15 heteroatoms. The van der Waals surface area contributed by atoms with Gasteiger partial charge in [0.25, 0.3) is 5.91 Å². The summed E-state index contributed by atoms with van der Waals surface area (Å²) in [6, 6.07) is 13.7. The van der Waals surface area contributed by atoms with Crippen molar-refractivity contribution in [3.8, 4) is 0 Å². The molecular weight excluding hydrogens is 800 g/mol. The van der Waals surface area contributed by atoms with E-state index in [1.165, 1.54) is 10.9 Å². The Morgan fingerprint density at radius 3 is 2.37 bits per heavy atom. The number of halogens is 1. The van der Waals surface area contributed by atoms with E-state index in [4.69, 9.17) is 9.97 Å². The number of piperidine rings is 3. The number of H-pyrrole nitrogens is 1. The highest BCUT2D eigenvalue weighted by Gasteiger charge is 2.43. The van der Waals surface area contributed by atoms with Crippen LogP contribution in [0.2, 0.25) is 0 Å². The van der Waals surface area contributed by atoms with Crippen LogP contribution in [0.3, 0.4) is 0 Å². The third-order valence-corrected chi connectivity index (χ3v) is 14.9. The molecule has 2 aromatic heterocycles. The summed E-state index contributed by atoms with van der Waals surface area (Å²) in [5, 5.41) is 3.60. The normalized spacial score (nSPS) is 24.7. The van der Waals surface area contributed by atoms with Crippen molar-refractivity contribution in [2.24, 2.45) is 5.41 Å². The molecule has 0 radical (unpaired) electrons. The summed E-state index contributed by atoms with van der Waals surface area (Å²) < 4.78 is 15.3. The summed E-state index contributed by atoms with van der Waals surface area (Å²) in [5.74, 6) is 0.129. The molecule has 63 heavy (non-hydrogen) atoms. The van der Waals surface area contributed by atoms with Gasteiger partial charge in [0.2, 0.25) is 23.7 Å². The van der Waals surface area contributed by atoms with E-state index in [-0.39, 0.29) is 41.6 Å². The molecule has 0 aliphatic carbocycles. The van der Waals surface area contributed by atoms with Gasteiger partial charge in [-0.1, -0.05) is 18.2 Å². The van der Waals surface area contributed by atoms with Gasteiger partial charge in [0.15, 0.2) is 0 Å². The Hall–Kier alpha value is -5.41. The number of para-hydroxylation sites is 1. The molecule has 8 heterocycles. The van der Waals surface area contributed by atoms with Crippen LogP contribution in [0.4, 0.5) is 16.0 Å². The molecule has 4 amide bonds. The van der Waals surface area contributed by atoms with E-state index < -0.39 is 17.6 Å². The summed E-state index contributed by atoms with van der Waals surface area (Å²) >= 11 is 0. The predicted octanol–water partition coefficient (Wildman–Crippen LogP) is 4.83. The maximum atomic E-state index is 15.3. The topological polar surface area (TPSA) is 141 Å². The fourth-order valence-corrected chi connectivity index (χ4v) is 11.3. The first-order valence-corrected chi connectivity index (χ1v) is 23.0. The Labute approximate surface area is 368 Å². The second-order valence-electron chi connectivity index (χ2n) is 19.6. The number of hydrogen-bond donors (Lipinski definition) is 2. The van der Waals surface area contributed by atoms with E-state index in [1.807, 2.05) is 30.6 Å². The zero-order valence-electron chi connectivity index (χ0n) is 36.7. The lowest BCUT2D eigenvalue weighted by molar-refractivity contribution is -0.139. The summed E-state index contributed by atoms with van der Waals surface area (Å²) in [5.41, 5.74) is 5.71. The van der Waals surface area contributed by atoms with Gasteiger partial charge in [0, 0.05) is 137 Å². The van der Waals surface area contributed by atoms with Crippen molar-refractivity contribution in [3.63, 3.8) is 0 Å². The number of anilines is 2. The van der Waals surface area contributed by atoms with Crippen molar-refractivity contribution in [2.75, 3.05) is 75.2 Å². The second kappa shape index (κ2) is 16.3. The number of alkyl halides is 1. The van der Waals surface area contributed by atoms with Crippen molar-refractivity contribution < 1.29 is 23.6 Å². The SMILES string of the molecule is C[C@@H]1Cc2c([nH]c3ccccc23)[C@@H](c2cnc(N3CCC4(CCN(CCN5CCN(c6ccc7c(c6)CN(C6CCC(=O)NC6=O)C7=O)CC5)C(=O)C4)CC3)nc2)N1CC(C)(C)F. The molecule has 4 aromatic rings. The monoisotopic (exact) mass is 858 g/mol. The third kappa shape index (κ3) is 8.07.